The number of ether oxygens (including phenoxy) is 2. The summed E-state index contributed by atoms with van der Waals surface area (Å²) in [5.74, 6) is -0.563. The quantitative estimate of drug-likeness (QED) is 0.288. The molecule has 1 amide bonds. The minimum atomic E-state index is -0.726. The first-order valence-corrected chi connectivity index (χ1v) is 14.7. The molecule has 0 radical (unpaired) electrons. The molecule has 2 aliphatic heterocycles. The number of aromatic nitrogens is 6. The molecule has 13 heteroatoms. The molecule has 7 rings (SSSR count). The van der Waals surface area contributed by atoms with Crippen molar-refractivity contribution in [1.29, 1.82) is 0 Å². The van der Waals surface area contributed by atoms with E-state index in [4.69, 9.17) is 14.6 Å². The Morgan fingerprint density at radius 1 is 1.04 bits per heavy atom. The molecular formula is C32H33F2N7O4. The maximum Gasteiger partial charge on any atom is 0.411 e. The Labute approximate surface area is 257 Å². The van der Waals surface area contributed by atoms with E-state index in [0.717, 1.165) is 0 Å². The number of nitrogens with zero attached hydrogens (tertiary/aromatic N) is 7. The highest BCUT2D eigenvalue weighted by Crippen LogP contribution is 2.41. The zero-order chi connectivity index (χ0) is 31.9. The molecule has 0 saturated carbocycles. The van der Waals surface area contributed by atoms with E-state index in [1.807, 2.05) is 0 Å². The Morgan fingerprint density at radius 3 is 2.47 bits per heavy atom. The number of carbonyl (C=O) groups is 1. The molecule has 2 aromatic carbocycles. The molecule has 234 valence electrons. The minimum Gasteiger partial charge on any atom is -0.444 e. The first kappa shape index (κ1) is 29.0. The van der Waals surface area contributed by atoms with Crippen molar-refractivity contribution in [2.45, 2.75) is 58.7 Å². The maximum absolute atomic E-state index is 15.7. The SMILES string of the molecule is Cc1cc(-n2nc3c(c2-n2ccn(-c4ccc5c(cnn5C)c4F)c2=O)C2COCC(C3)N2C(=O)OC(C)(C)C)cc(C)c1F. The second kappa shape index (κ2) is 10.1. The van der Waals surface area contributed by atoms with Crippen LogP contribution in [0.25, 0.3) is 28.1 Å². The summed E-state index contributed by atoms with van der Waals surface area (Å²) in [7, 11) is 1.72. The van der Waals surface area contributed by atoms with Gasteiger partial charge in [-0.3, -0.25) is 18.7 Å². The maximum atomic E-state index is 15.7. The molecule has 0 spiro atoms. The van der Waals surface area contributed by atoms with Crippen molar-refractivity contribution in [3.05, 3.63) is 87.4 Å². The molecule has 0 N–H and O–H groups in total. The van der Waals surface area contributed by atoms with Crippen LogP contribution in [-0.4, -0.2) is 64.5 Å². The minimum absolute atomic E-state index is 0.0594. The first-order chi connectivity index (χ1) is 21.3. The summed E-state index contributed by atoms with van der Waals surface area (Å²) in [6.45, 7) is 9.21. The highest BCUT2D eigenvalue weighted by atomic mass is 19.1. The Bertz CT molecular complexity index is 2040. The number of rotatable bonds is 3. The molecule has 2 unspecified atom stereocenters. The smallest absolute Gasteiger partial charge is 0.411 e. The van der Waals surface area contributed by atoms with Crippen LogP contribution in [0.2, 0.25) is 0 Å². The number of hydrogen-bond donors (Lipinski definition) is 0. The Morgan fingerprint density at radius 2 is 1.76 bits per heavy atom. The zero-order valence-electron chi connectivity index (χ0n) is 25.8. The predicted octanol–water partition coefficient (Wildman–Crippen LogP) is 4.83. The summed E-state index contributed by atoms with van der Waals surface area (Å²) in [5.41, 5.74) is 2.03. The van der Waals surface area contributed by atoms with Gasteiger partial charge in [0.25, 0.3) is 0 Å². The molecule has 0 aliphatic carbocycles. The zero-order valence-corrected chi connectivity index (χ0v) is 25.8. The number of carbonyl (C=O) groups excluding carboxylic acids is 1. The van der Waals surface area contributed by atoms with Crippen molar-refractivity contribution in [3.8, 4) is 17.2 Å². The van der Waals surface area contributed by atoms with Gasteiger partial charge in [0, 0.05) is 31.4 Å². The van der Waals surface area contributed by atoms with Crippen molar-refractivity contribution in [2.75, 3.05) is 13.2 Å². The van der Waals surface area contributed by atoms with Crippen LogP contribution in [-0.2, 0) is 22.9 Å². The number of imidazole rings is 1. The fourth-order valence-corrected chi connectivity index (χ4v) is 6.43. The lowest BCUT2D eigenvalue weighted by Crippen LogP contribution is -2.55. The van der Waals surface area contributed by atoms with E-state index in [-0.39, 0.29) is 29.5 Å². The monoisotopic (exact) mass is 617 g/mol. The number of aryl methyl sites for hydroxylation is 3. The third-order valence-electron chi connectivity index (χ3n) is 8.43. The van der Waals surface area contributed by atoms with Crippen LogP contribution < -0.4 is 5.69 Å². The third-order valence-corrected chi connectivity index (χ3v) is 8.43. The molecular weight excluding hydrogens is 584 g/mol. The van der Waals surface area contributed by atoms with E-state index >= 15 is 4.39 Å². The highest BCUT2D eigenvalue weighted by Gasteiger charge is 2.46. The third kappa shape index (κ3) is 4.55. The highest BCUT2D eigenvalue weighted by molar-refractivity contribution is 5.81. The standard InChI is InChI=1S/C32H33F2N7O4/c1-17-11-19(12-18(2)27(17)33)41-29(26-22(36-41)13-20-15-44-16-25(26)40(20)31(43)45-32(3,4)5)39-10-9-38(30(39)42)24-8-7-23-21(28(24)34)14-35-37(23)6/h7-12,14,20,25H,13,15-16H2,1-6H3. The van der Waals surface area contributed by atoms with Gasteiger partial charge in [-0.15, -0.1) is 0 Å². The predicted molar refractivity (Wildman–Crippen MR) is 161 cm³/mol. The Kier molecular flexibility index (Phi) is 6.52. The van der Waals surface area contributed by atoms with E-state index in [1.165, 1.54) is 27.6 Å². The van der Waals surface area contributed by atoms with Gasteiger partial charge in [0.1, 0.15) is 17.2 Å². The van der Waals surface area contributed by atoms with E-state index in [0.29, 0.717) is 52.4 Å². The Balaban J connectivity index is 1.45. The van der Waals surface area contributed by atoms with Crippen LogP contribution in [0.4, 0.5) is 13.6 Å². The van der Waals surface area contributed by atoms with Crippen molar-refractivity contribution in [1.82, 2.24) is 33.6 Å². The van der Waals surface area contributed by atoms with Gasteiger partial charge in [-0.2, -0.15) is 10.2 Å². The van der Waals surface area contributed by atoms with Crippen molar-refractivity contribution in [2.24, 2.45) is 7.05 Å². The summed E-state index contributed by atoms with van der Waals surface area (Å²) >= 11 is 0. The van der Waals surface area contributed by atoms with Crippen molar-refractivity contribution >= 4 is 17.0 Å². The second-order valence-corrected chi connectivity index (χ2v) is 12.7. The lowest BCUT2D eigenvalue weighted by molar-refractivity contribution is -0.0675. The summed E-state index contributed by atoms with van der Waals surface area (Å²) in [5, 5.41) is 9.37. The van der Waals surface area contributed by atoms with Gasteiger partial charge in [-0.1, -0.05) is 0 Å². The fourth-order valence-electron chi connectivity index (χ4n) is 6.43. The van der Waals surface area contributed by atoms with Gasteiger partial charge in [0.2, 0.25) is 0 Å². The molecule has 2 aliphatic rings. The van der Waals surface area contributed by atoms with Gasteiger partial charge in [0.15, 0.2) is 5.82 Å². The number of halogens is 2. The molecule has 45 heavy (non-hydrogen) atoms. The van der Waals surface area contributed by atoms with Gasteiger partial charge < -0.3 is 9.47 Å². The van der Waals surface area contributed by atoms with Crippen LogP contribution in [0.3, 0.4) is 0 Å². The number of amides is 1. The summed E-state index contributed by atoms with van der Waals surface area (Å²) in [4.78, 5) is 29.4. The molecule has 1 fully saturated rings. The van der Waals surface area contributed by atoms with Gasteiger partial charge >= 0.3 is 11.8 Å². The van der Waals surface area contributed by atoms with Crippen LogP contribution in [0, 0.1) is 25.5 Å². The molecule has 2 atom stereocenters. The normalized spacial score (nSPS) is 18.0. The largest absolute Gasteiger partial charge is 0.444 e. The van der Waals surface area contributed by atoms with E-state index in [2.05, 4.69) is 5.10 Å². The summed E-state index contributed by atoms with van der Waals surface area (Å²) in [6, 6.07) is 5.62. The number of hydrogen-bond acceptors (Lipinski definition) is 6. The topological polar surface area (TPSA) is 101 Å². The van der Waals surface area contributed by atoms with Crippen LogP contribution >= 0.6 is 0 Å². The Hall–Kier alpha value is -4.78. The fraction of sp³-hybridized carbons (Fsp3) is 0.375. The molecule has 2 bridgehead atoms. The van der Waals surface area contributed by atoms with Gasteiger partial charge in [-0.05, 0) is 70.0 Å². The molecule has 5 heterocycles. The van der Waals surface area contributed by atoms with E-state index in [1.54, 1.807) is 80.3 Å². The number of morpholine rings is 1. The average Bonchev–Trinajstić information content (AvgIpc) is 3.65. The van der Waals surface area contributed by atoms with Crippen LogP contribution in [0.1, 0.15) is 49.2 Å². The summed E-state index contributed by atoms with van der Waals surface area (Å²) < 4.78 is 48.0. The number of fused-ring (bicyclic) bond motifs is 5. The average molecular weight is 618 g/mol. The van der Waals surface area contributed by atoms with Gasteiger partial charge in [-0.25, -0.2) is 23.1 Å². The molecule has 1 saturated heterocycles. The van der Waals surface area contributed by atoms with E-state index in [9.17, 15) is 14.0 Å². The molecule has 11 nitrogen and oxygen atoms in total. The summed E-state index contributed by atoms with van der Waals surface area (Å²) in [6.07, 6.45) is 4.32. The second-order valence-electron chi connectivity index (χ2n) is 12.7. The van der Waals surface area contributed by atoms with Crippen LogP contribution in [0.15, 0.2) is 47.7 Å². The number of benzene rings is 2. The molecule has 5 aromatic rings. The van der Waals surface area contributed by atoms with Crippen LogP contribution in [0.5, 0.6) is 0 Å². The lowest BCUT2D eigenvalue weighted by atomic mass is 9.92. The molecule has 3 aromatic heterocycles. The van der Waals surface area contributed by atoms with Crippen molar-refractivity contribution in [3.63, 3.8) is 0 Å². The lowest BCUT2D eigenvalue weighted by Gasteiger charge is -2.45. The van der Waals surface area contributed by atoms with E-state index < -0.39 is 29.2 Å². The first-order valence-electron chi connectivity index (χ1n) is 14.7. The van der Waals surface area contributed by atoms with Gasteiger partial charge in [0.05, 0.1) is 59.5 Å². The van der Waals surface area contributed by atoms with Crippen molar-refractivity contribution < 1.29 is 23.0 Å².